The molecule has 6 heteroatoms. The molecule has 172 valence electrons. The molecule has 1 fully saturated rings. The number of Topliss-reactive ketones (excluding diaryl/α,β-unsaturated/α-hetero) is 1. The predicted molar refractivity (Wildman–Crippen MR) is 125 cm³/mol. The molecule has 1 saturated heterocycles. The van der Waals surface area contributed by atoms with Crippen LogP contribution in [0.15, 0.2) is 48.5 Å². The van der Waals surface area contributed by atoms with Crippen molar-refractivity contribution in [2.45, 2.75) is 58.9 Å². The molecule has 1 aliphatic rings. The van der Waals surface area contributed by atoms with Gasteiger partial charge in [-0.1, -0.05) is 24.3 Å². The molecule has 2 aromatic rings. The van der Waals surface area contributed by atoms with Crippen molar-refractivity contribution in [1.82, 2.24) is 10.2 Å². The number of ether oxygens (including phenoxy) is 2. The third-order valence-corrected chi connectivity index (χ3v) is 5.48. The number of nitrogens with one attached hydrogen (secondary N) is 1. The first kappa shape index (κ1) is 24.0. The standard InChI is InChI=1S/C26H34N2O4/c1-4-31-24-11-9-23(10-12-24)25(29)13-14-26(30)27-15-21-5-7-22(8-6-21)18-28-16-19(2)32-20(3)17-28/h5-12,19-20H,4,13-18H2,1-3H3,(H,27,30). The molecule has 32 heavy (non-hydrogen) atoms. The maximum absolute atomic E-state index is 12.3. The fourth-order valence-electron chi connectivity index (χ4n) is 4.00. The Kier molecular flexibility index (Phi) is 8.82. The van der Waals surface area contributed by atoms with E-state index in [2.05, 4.69) is 36.2 Å². The summed E-state index contributed by atoms with van der Waals surface area (Å²) >= 11 is 0. The Balaban J connectivity index is 1.39. The van der Waals surface area contributed by atoms with Crippen molar-refractivity contribution in [3.05, 3.63) is 65.2 Å². The van der Waals surface area contributed by atoms with Crippen LogP contribution in [-0.2, 0) is 22.6 Å². The number of hydrogen-bond acceptors (Lipinski definition) is 5. The molecule has 2 unspecified atom stereocenters. The summed E-state index contributed by atoms with van der Waals surface area (Å²) < 4.78 is 11.2. The average Bonchev–Trinajstić information content (AvgIpc) is 2.77. The van der Waals surface area contributed by atoms with E-state index in [-0.39, 0.29) is 36.7 Å². The topological polar surface area (TPSA) is 67.9 Å². The van der Waals surface area contributed by atoms with Crippen molar-refractivity contribution in [3.8, 4) is 5.75 Å². The van der Waals surface area contributed by atoms with Gasteiger partial charge < -0.3 is 14.8 Å². The van der Waals surface area contributed by atoms with Crippen LogP contribution in [0.1, 0.15) is 55.1 Å². The minimum atomic E-state index is -0.121. The zero-order valence-electron chi connectivity index (χ0n) is 19.3. The van der Waals surface area contributed by atoms with Gasteiger partial charge in [-0.2, -0.15) is 0 Å². The van der Waals surface area contributed by atoms with Gasteiger partial charge in [-0.3, -0.25) is 14.5 Å². The van der Waals surface area contributed by atoms with Crippen LogP contribution in [0.5, 0.6) is 5.75 Å². The molecule has 0 spiro atoms. The highest BCUT2D eigenvalue weighted by Gasteiger charge is 2.21. The summed E-state index contributed by atoms with van der Waals surface area (Å²) in [6, 6.07) is 15.4. The van der Waals surface area contributed by atoms with Crippen LogP contribution in [0.3, 0.4) is 0 Å². The van der Waals surface area contributed by atoms with Crippen LogP contribution in [0.4, 0.5) is 0 Å². The van der Waals surface area contributed by atoms with Gasteiger partial charge in [0.05, 0.1) is 18.8 Å². The van der Waals surface area contributed by atoms with Crippen LogP contribution in [0.2, 0.25) is 0 Å². The minimum absolute atomic E-state index is 0.0423. The van der Waals surface area contributed by atoms with Crippen molar-refractivity contribution < 1.29 is 19.1 Å². The molecule has 2 atom stereocenters. The molecular formula is C26H34N2O4. The molecule has 1 aliphatic heterocycles. The molecular weight excluding hydrogens is 404 g/mol. The van der Waals surface area contributed by atoms with E-state index in [1.807, 2.05) is 19.1 Å². The summed E-state index contributed by atoms with van der Waals surface area (Å²) in [6.45, 7) is 9.97. The summed E-state index contributed by atoms with van der Waals surface area (Å²) in [7, 11) is 0. The third-order valence-electron chi connectivity index (χ3n) is 5.48. The van der Waals surface area contributed by atoms with Gasteiger partial charge in [0.2, 0.25) is 5.91 Å². The first-order valence-corrected chi connectivity index (χ1v) is 11.4. The molecule has 0 aromatic heterocycles. The second-order valence-corrected chi connectivity index (χ2v) is 8.43. The number of nitrogens with zero attached hydrogens (tertiary/aromatic N) is 1. The minimum Gasteiger partial charge on any atom is -0.494 e. The molecule has 1 N–H and O–H groups in total. The maximum Gasteiger partial charge on any atom is 0.220 e. The van der Waals surface area contributed by atoms with Gasteiger partial charge in [-0.05, 0) is 56.2 Å². The Morgan fingerprint density at radius 1 is 0.969 bits per heavy atom. The Labute approximate surface area is 190 Å². The van der Waals surface area contributed by atoms with Crippen LogP contribution in [-0.4, -0.2) is 48.5 Å². The second kappa shape index (κ2) is 11.8. The number of amides is 1. The molecule has 1 heterocycles. The SMILES string of the molecule is CCOc1ccc(C(=O)CCC(=O)NCc2ccc(CN3CC(C)OC(C)C3)cc2)cc1. The number of carbonyl (C=O) groups excluding carboxylic acids is 2. The number of rotatable bonds is 10. The van der Waals surface area contributed by atoms with Gasteiger partial charge in [0.25, 0.3) is 0 Å². The summed E-state index contributed by atoms with van der Waals surface area (Å²) in [5.41, 5.74) is 2.90. The molecule has 3 rings (SSSR count). The van der Waals surface area contributed by atoms with Crippen LogP contribution in [0, 0.1) is 0 Å². The molecule has 0 radical (unpaired) electrons. The Morgan fingerprint density at radius 2 is 1.59 bits per heavy atom. The van der Waals surface area contributed by atoms with Crippen molar-refractivity contribution in [2.75, 3.05) is 19.7 Å². The van der Waals surface area contributed by atoms with Crippen molar-refractivity contribution in [2.24, 2.45) is 0 Å². The highest BCUT2D eigenvalue weighted by Crippen LogP contribution is 2.16. The lowest BCUT2D eigenvalue weighted by molar-refractivity contribution is -0.121. The van der Waals surface area contributed by atoms with Gasteiger partial charge >= 0.3 is 0 Å². The maximum atomic E-state index is 12.3. The number of morpholine rings is 1. The summed E-state index contributed by atoms with van der Waals surface area (Å²) in [5.74, 6) is 0.575. The molecule has 6 nitrogen and oxygen atoms in total. The fraction of sp³-hybridized carbons (Fsp3) is 0.462. The van der Waals surface area contributed by atoms with Gasteiger partial charge in [0.1, 0.15) is 5.75 Å². The Bertz CT molecular complexity index is 870. The van der Waals surface area contributed by atoms with Crippen molar-refractivity contribution >= 4 is 11.7 Å². The van der Waals surface area contributed by atoms with E-state index in [4.69, 9.17) is 9.47 Å². The van der Waals surface area contributed by atoms with E-state index in [1.165, 1.54) is 5.56 Å². The van der Waals surface area contributed by atoms with Crippen molar-refractivity contribution in [3.63, 3.8) is 0 Å². The van der Waals surface area contributed by atoms with E-state index in [1.54, 1.807) is 24.3 Å². The highest BCUT2D eigenvalue weighted by atomic mass is 16.5. The van der Waals surface area contributed by atoms with Gasteiger partial charge in [0, 0.05) is 44.6 Å². The lowest BCUT2D eigenvalue weighted by atomic mass is 10.1. The first-order valence-electron chi connectivity index (χ1n) is 11.4. The second-order valence-electron chi connectivity index (χ2n) is 8.43. The largest absolute Gasteiger partial charge is 0.494 e. The molecule has 0 aliphatic carbocycles. The van der Waals surface area contributed by atoms with Gasteiger partial charge in [-0.15, -0.1) is 0 Å². The predicted octanol–water partition coefficient (Wildman–Crippen LogP) is 3.97. The van der Waals surface area contributed by atoms with E-state index >= 15 is 0 Å². The zero-order valence-corrected chi connectivity index (χ0v) is 19.3. The Hall–Kier alpha value is -2.70. The first-order chi connectivity index (χ1) is 15.4. The lowest BCUT2D eigenvalue weighted by Crippen LogP contribution is -2.44. The lowest BCUT2D eigenvalue weighted by Gasteiger charge is -2.35. The monoisotopic (exact) mass is 438 g/mol. The van der Waals surface area contributed by atoms with Gasteiger partial charge in [-0.25, -0.2) is 0 Å². The summed E-state index contributed by atoms with van der Waals surface area (Å²) in [5, 5.41) is 2.91. The fourth-order valence-corrected chi connectivity index (χ4v) is 4.00. The third kappa shape index (κ3) is 7.46. The highest BCUT2D eigenvalue weighted by molar-refractivity contribution is 5.98. The van der Waals surface area contributed by atoms with Gasteiger partial charge in [0.15, 0.2) is 5.78 Å². The summed E-state index contributed by atoms with van der Waals surface area (Å²) in [4.78, 5) is 26.9. The number of carbonyl (C=O) groups is 2. The van der Waals surface area contributed by atoms with Crippen LogP contribution >= 0.6 is 0 Å². The number of benzene rings is 2. The van der Waals surface area contributed by atoms with E-state index < -0.39 is 0 Å². The average molecular weight is 439 g/mol. The molecule has 0 bridgehead atoms. The molecule has 1 amide bonds. The van der Waals surface area contributed by atoms with Crippen LogP contribution < -0.4 is 10.1 Å². The Morgan fingerprint density at radius 3 is 2.22 bits per heavy atom. The normalized spacial score (nSPS) is 18.8. The number of ketones is 1. The van der Waals surface area contributed by atoms with Crippen molar-refractivity contribution in [1.29, 1.82) is 0 Å². The quantitative estimate of drug-likeness (QED) is 0.569. The molecule has 2 aromatic carbocycles. The number of hydrogen-bond donors (Lipinski definition) is 1. The van der Waals surface area contributed by atoms with E-state index in [9.17, 15) is 9.59 Å². The van der Waals surface area contributed by atoms with E-state index in [0.717, 1.165) is 30.9 Å². The van der Waals surface area contributed by atoms with Crippen LogP contribution in [0.25, 0.3) is 0 Å². The van der Waals surface area contributed by atoms with E-state index in [0.29, 0.717) is 18.7 Å². The smallest absolute Gasteiger partial charge is 0.220 e. The summed E-state index contributed by atoms with van der Waals surface area (Å²) in [6.07, 6.45) is 0.885. The zero-order chi connectivity index (χ0) is 22.9. The molecule has 0 saturated carbocycles.